The normalized spacial score (nSPS) is 10.7. The van der Waals surface area contributed by atoms with Crippen molar-refractivity contribution in [2.45, 2.75) is 0 Å². The lowest BCUT2D eigenvalue weighted by Gasteiger charge is -2.07. The van der Waals surface area contributed by atoms with Crippen LogP contribution in [0.1, 0.15) is 10.4 Å². The molecule has 0 atom stereocenters. The lowest BCUT2D eigenvalue weighted by molar-refractivity contribution is -0.182. The van der Waals surface area contributed by atoms with Gasteiger partial charge in [0.25, 0.3) is 0 Å². The molecule has 0 spiro atoms. The minimum absolute atomic E-state index is 0.332. The summed E-state index contributed by atoms with van der Waals surface area (Å²) in [4.78, 5) is 20.1. The maximum atomic E-state index is 11.7. The molecule has 4 nitrogen and oxygen atoms in total. The molecule has 0 fully saturated rings. The highest BCUT2D eigenvalue weighted by atomic mass is 17.1. The third-order valence-corrected chi connectivity index (χ3v) is 2.87. The topological polar surface area (TPSA) is 59.4 Å². The van der Waals surface area contributed by atoms with Crippen LogP contribution in [0, 0.1) is 0 Å². The number of carbonyl (C=O) groups excluding carboxylic acids is 1. The number of hydrogen-bond acceptors (Lipinski definition) is 4. The quantitative estimate of drug-likeness (QED) is 0.403. The van der Waals surface area contributed by atoms with Gasteiger partial charge in [0.05, 0.1) is 16.6 Å². The van der Waals surface area contributed by atoms with Crippen molar-refractivity contribution in [3.63, 3.8) is 0 Å². The van der Waals surface area contributed by atoms with Crippen LogP contribution in [-0.2, 0) is 4.89 Å². The van der Waals surface area contributed by atoms with Crippen molar-refractivity contribution >= 4 is 27.8 Å². The van der Waals surface area contributed by atoms with Gasteiger partial charge >= 0.3 is 5.97 Å². The molecule has 4 heteroatoms. The molecule has 0 bridgehead atoms. The maximum Gasteiger partial charge on any atom is 0.374 e. The van der Waals surface area contributed by atoms with E-state index in [1.54, 1.807) is 12.1 Å². The van der Waals surface area contributed by atoms with Crippen molar-refractivity contribution in [2.24, 2.45) is 0 Å². The number of aromatic nitrogens is 1. The molecule has 3 aromatic rings. The number of carbonyl (C=O) groups is 1. The SMILES string of the molecule is O=C(OO)c1c2ccccc2nc2ccccc12. The summed E-state index contributed by atoms with van der Waals surface area (Å²) in [7, 11) is 0. The Morgan fingerprint density at radius 3 is 1.94 bits per heavy atom. The Morgan fingerprint density at radius 1 is 0.944 bits per heavy atom. The third-order valence-electron chi connectivity index (χ3n) is 2.87. The molecular weight excluding hydrogens is 230 g/mol. The van der Waals surface area contributed by atoms with Crippen LogP contribution in [-0.4, -0.2) is 16.2 Å². The second kappa shape index (κ2) is 4.09. The Bertz CT molecular complexity index is 698. The van der Waals surface area contributed by atoms with Gasteiger partial charge in [-0.2, -0.15) is 5.26 Å². The number of nitrogens with zero attached hydrogens (tertiary/aromatic N) is 1. The minimum Gasteiger partial charge on any atom is -0.295 e. The van der Waals surface area contributed by atoms with Gasteiger partial charge in [-0.3, -0.25) is 4.89 Å². The Hall–Kier alpha value is -2.46. The maximum absolute atomic E-state index is 11.7. The molecule has 0 aliphatic rings. The summed E-state index contributed by atoms with van der Waals surface area (Å²) in [5.41, 5.74) is 1.71. The molecule has 0 aliphatic carbocycles. The zero-order chi connectivity index (χ0) is 12.5. The fourth-order valence-corrected chi connectivity index (χ4v) is 2.11. The van der Waals surface area contributed by atoms with E-state index in [0.717, 1.165) is 0 Å². The monoisotopic (exact) mass is 239 g/mol. The van der Waals surface area contributed by atoms with Crippen LogP contribution in [0.25, 0.3) is 21.8 Å². The van der Waals surface area contributed by atoms with Crippen LogP contribution in [0.3, 0.4) is 0 Å². The molecule has 1 N–H and O–H groups in total. The summed E-state index contributed by atoms with van der Waals surface area (Å²) in [6.07, 6.45) is 0. The van der Waals surface area contributed by atoms with Gasteiger partial charge in [-0.25, -0.2) is 9.78 Å². The Kier molecular flexibility index (Phi) is 2.42. The van der Waals surface area contributed by atoms with Gasteiger partial charge in [-0.1, -0.05) is 36.4 Å². The second-order valence-electron chi connectivity index (χ2n) is 3.90. The first-order valence-electron chi connectivity index (χ1n) is 5.44. The van der Waals surface area contributed by atoms with Crippen LogP contribution < -0.4 is 0 Å². The van der Waals surface area contributed by atoms with Crippen LogP contribution in [0.4, 0.5) is 0 Å². The zero-order valence-electron chi connectivity index (χ0n) is 9.33. The molecule has 0 radical (unpaired) electrons. The predicted molar refractivity (Wildman–Crippen MR) is 67.3 cm³/mol. The highest BCUT2D eigenvalue weighted by Gasteiger charge is 2.16. The number of fused-ring (bicyclic) bond motifs is 2. The molecule has 0 saturated carbocycles. The standard InChI is InChI=1S/C14H9NO3/c16-14(18-17)13-9-5-1-3-7-11(9)15-12-8-4-2-6-10(12)13/h1-8,17H. The number of hydrogen-bond donors (Lipinski definition) is 1. The summed E-state index contributed by atoms with van der Waals surface area (Å²) >= 11 is 0. The Balaban J connectivity index is 2.53. The van der Waals surface area contributed by atoms with Gasteiger partial charge in [-0.05, 0) is 12.1 Å². The van der Waals surface area contributed by atoms with Gasteiger partial charge in [0.15, 0.2) is 0 Å². The van der Waals surface area contributed by atoms with E-state index in [2.05, 4.69) is 9.87 Å². The molecule has 1 heterocycles. The van der Waals surface area contributed by atoms with Crippen molar-refractivity contribution in [1.29, 1.82) is 0 Å². The summed E-state index contributed by atoms with van der Waals surface area (Å²) in [5.74, 6) is -0.773. The fraction of sp³-hybridized carbons (Fsp3) is 0. The lowest BCUT2D eigenvalue weighted by Crippen LogP contribution is -2.04. The van der Waals surface area contributed by atoms with Crippen LogP contribution in [0.5, 0.6) is 0 Å². The summed E-state index contributed by atoms with van der Waals surface area (Å²) in [6.45, 7) is 0. The van der Waals surface area contributed by atoms with Gasteiger partial charge in [0.1, 0.15) is 0 Å². The van der Waals surface area contributed by atoms with Crippen molar-refractivity contribution in [3.8, 4) is 0 Å². The molecule has 88 valence electrons. The lowest BCUT2D eigenvalue weighted by atomic mass is 10.0. The molecule has 18 heavy (non-hydrogen) atoms. The highest BCUT2D eigenvalue weighted by molar-refractivity contribution is 6.14. The first-order chi connectivity index (χ1) is 8.81. The van der Waals surface area contributed by atoms with E-state index < -0.39 is 5.97 Å². The van der Waals surface area contributed by atoms with Gasteiger partial charge in [0, 0.05) is 10.8 Å². The summed E-state index contributed by atoms with van der Waals surface area (Å²) in [5, 5.41) is 9.96. The van der Waals surface area contributed by atoms with E-state index in [9.17, 15) is 4.79 Å². The average molecular weight is 239 g/mol. The highest BCUT2D eigenvalue weighted by Crippen LogP contribution is 2.26. The van der Waals surface area contributed by atoms with Crippen LogP contribution >= 0.6 is 0 Å². The van der Waals surface area contributed by atoms with Crippen LogP contribution in [0.15, 0.2) is 48.5 Å². The number of rotatable bonds is 1. The first kappa shape index (κ1) is 10.7. The van der Waals surface area contributed by atoms with Crippen LogP contribution in [0.2, 0.25) is 0 Å². The number of para-hydroxylation sites is 2. The van der Waals surface area contributed by atoms with Crippen molar-refractivity contribution in [1.82, 2.24) is 4.98 Å². The largest absolute Gasteiger partial charge is 0.374 e. The van der Waals surface area contributed by atoms with Crippen molar-refractivity contribution in [2.75, 3.05) is 0 Å². The van der Waals surface area contributed by atoms with E-state index in [-0.39, 0.29) is 0 Å². The molecule has 3 rings (SSSR count). The third kappa shape index (κ3) is 1.51. The molecule has 0 aliphatic heterocycles. The molecule has 2 aromatic carbocycles. The number of pyridine rings is 1. The van der Waals surface area contributed by atoms with Gasteiger partial charge < -0.3 is 0 Å². The second-order valence-corrected chi connectivity index (χ2v) is 3.90. The number of benzene rings is 2. The van der Waals surface area contributed by atoms with Crippen molar-refractivity contribution in [3.05, 3.63) is 54.1 Å². The molecule has 1 aromatic heterocycles. The molecule has 0 unspecified atom stereocenters. The Morgan fingerprint density at radius 2 is 1.44 bits per heavy atom. The Labute approximate surface area is 102 Å². The fourth-order valence-electron chi connectivity index (χ4n) is 2.11. The predicted octanol–water partition coefficient (Wildman–Crippen LogP) is 3.02. The van der Waals surface area contributed by atoms with Crippen molar-refractivity contribution < 1.29 is 14.9 Å². The smallest absolute Gasteiger partial charge is 0.295 e. The van der Waals surface area contributed by atoms with E-state index in [4.69, 9.17) is 5.26 Å². The van der Waals surface area contributed by atoms with E-state index >= 15 is 0 Å². The zero-order valence-corrected chi connectivity index (χ0v) is 9.33. The van der Waals surface area contributed by atoms with E-state index in [1.807, 2.05) is 36.4 Å². The van der Waals surface area contributed by atoms with E-state index in [1.165, 1.54) is 0 Å². The molecule has 0 amide bonds. The summed E-state index contributed by atoms with van der Waals surface area (Å²) in [6, 6.07) is 14.5. The molecular formula is C14H9NO3. The van der Waals surface area contributed by atoms with Gasteiger partial charge in [-0.15, -0.1) is 0 Å². The van der Waals surface area contributed by atoms with E-state index in [0.29, 0.717) is 27.4 Å². The minimum atomic E-state index is -0.773. The summed E-state index contributed by atoms with van der Waals surface area (Å²) < 4.78 is 0. The average Bonchev–Trinajstić information content (AvgIpc) is 2.44. The van der Waals surface area contributed by atoms with Gasteiger partial charge in [0.2, 0.25) is 0 Å². The molecule has 0 saturated heterocycles. The first-order valence-corrected chi connectivity index (χ1v) is 5.44.